The van der Waals surface area contributed by atoms with Crippen molar-refractivity contribution in [3.63, 3.8) is 0 Å². The number of nitrogens with two attached hydrogens (primary N) is 1. The van der Waals surface area contributed by atoms with Gasteiger partial charge in [0.25, 0.3) is 0 Å². The fourth-order valence-corrected chi connectivity index (χ4v) is 4.22. The van der Waals surface area contributed by atoms with Crippen LogP contribution in [0.4, 0.5) is 0 Å². The van der Waals surface area contributed by atoms with E-state index in [2.05, 4.69) is 54.2 Å². The van der Waals surface area contributed by atoms with E-state index in [4.69, 9.17) is 10.5 Å². The van der Waals surface area contributed by atoms with Crippen LogP contribution < -0.4 is 15.8 Å². The van der Waals surface area contributed by atoms with Crippen LogP contribution in [0.2, 0.25) is 0 Å². The number of carbonyl (C=O) groups is 1. The number of aliphatic carboxylic acids is 1. The summed E-state index contributed by atoms with van der Waals surface area (Å²) in [4.78, 5) is 18.7. The van der Waals surface area contributed by atoms with Crippen molar-refractivity contribution in [3.8, 4) is 5.75 Å². The summed E-state index contributed by atoms with van der Waals surface area (Å²) in [5, 5.41) is 12.9. The van der Waals surface area contributed by atoms with Crippen molar-refractivity contribution >= 4 is 5.97 Å². The lowest BCUT2D eigenvalue weighted by Crippen LogP contribution is -2.26. The van der Waals surface area contributed by atoms with Gasteiger partial charge in [0, 0.05) is 44.3 Å². The van der Waals surface area contributed by atoms with Gasteiger partial charge in [-0.05, 0) is 61.4 Å². The number of pyridine rings is 1. The number of allylic oxidation sites excluding steroid dienone is 1. The predicted molar refractivity (Wildman–Crippen MR) is 146 cm³/mol. The zero-order valence-corrected chi connectivity index (χ0v) is 22.6. The maximum absolute atomic E-state index is 11.9. The standard InChI is InChI=1S/C26H36N4O3.C3H8/c1-4-28-15-22(27)9-10-23(19(3)26(31)32)20-8-7-18(2)21(14-20)16-30-12-13-33-25-6-5-11-29-24(25)17-30;1-3-2/h5-8,11,14-15,19,23,28H,4,9-10,12-13,16-17,27H2,1-3H3,(H,31,32);3H2,1-2H3/b22-15-;. The van der Waals surface area contributed by atoms with Crippen molar-refractivity contribution in [1.82, 2.24) is 15.2 Å². The second-order valence-corrected chi connectivity index (χ2v) is 9.45. The van der Waals surface area contributed by atoms with E-state index in [1.165, 1.54) is 17.5 Å². The van der Waals surface area contributed by atoms with E-state index < -0.39 is 11.9 Å². The van der Waals surface area contributed by atoms with Crippen LogP contribution in [0, 0.1) is 12.8 Å². The number of carboxylic acids is 1. The van der Waals surface area contributed by atoms with Crippen LogP contribution in [0.1, 0.15) is 75.3 Å². The monoisotopic (exact) mass is 496 g/mol. The minimum Gasteiger partial charge on any atom is -0.490 e. The van der Waals surface area contributed by atoms with E-state index in [1.807, 2.05) is 25.3 Å². The number of benzene rings is 1. The van der Waals surface area contributed by atoms with Crippen LogP contribution in [-0.2, 0) is 17.9 Å². The molecule has 1 aliphatic rings. The molecule has 0 aliphatic carbocycles. The molecule has 0 amide bonds. The highest BCUT2D eigenvalue weighted by atomic mass is 16.5. The second-order valence-electron chi connectivity index (χ2n) is 9.45. The van der Waals surface area contributed by atoms with Crippen molar-refractivity contribution in [1.29, 1.82) is 0 Å². The molecule has 2 atom stereocenters. The average molecular weight is 497 g/mol. The van der Waals surface area contributed by atoms with Gasteiger partial charge in [-0.2, -0.15) is 0 Å². The molecule has 0 bridgehead atoms. The smallest absolute Gasteiger partial charge is 0.306 e. The van der Waals surface area contributed by atoms with Gasteiger partial charge in [0.15, 0.2) is 0 Å². The molecule has 7 heteroatoms. The molecule has 0 spiro atoms. The Morgan fingerprint density at radius 3 is 2.75 bits per heavy atom. The Hall–Kier alpha value is -3.06. The third-order valence-electron chi connectivity index (χ3n) is 6.31. The van der Waals surface area contributed by atoms with Gasteiger partial charge < -0.3 is 20.9 Å². The summed E-state index contributed by atoms with van der Waals surface area (Å²) in [6.07, 6.45) is 6.19. The molecular weight excluding hydrogens is 452 g/mol. The molecule has 0 fully saturated rings. The van der Waals surface area contributed by atoms with Crippen LogP contribution in [0.5, 0.6) is 5.75 Å². The molecule has 0 saturated heterocycles. The van der Waals surface area contributed by atoms with Crippen LogP contribution in [-0.4, -0.2) is 40.7 Å². The van der Waals surface area contributed by atoms with Crippen LogP contribution in [0.15, 0.2) is 48.4 Å². The van der Waals surface area contributed by atoms with Crippen LogP contribution in [0.3, 0.4) is 0 Å². The van der Waals surface area contributed by atoms with E-state index in [-0.39, 0.29) is 5.92 Å². The zero-order chi connectivity index (χ0) is 26.5. The average Bonchev–Trinajstić information content (AvgIpc) is 3.06. The number of nitrogens with zero attached hydrogens (tertiary/aromatic N) is 2. The minimum atomic E-state index is -0.788. The first-order valence-electron chi connectivity index (χ1n) is 13.1. The van der Waals surface area contributed by atoms with Gasteiger partial charge in [0.1, 0.15) is 12.4 Å². The van der Waals surface area contributed by atoms with Gasteiger partial charge >= 0.3 is 5.97 Å². The Bertz CT molecular complexity index is 992. The predicted octanol–water partition coefficient (Wildman–Crippen LogP) is 5.20. The molecule has 0 radical (unpaired) electrons. The number of ether oxygens (including phenoxy) is 1. The van der Waals surface area contributed by atoms with Crippen molar-refractivity contribution in [2.45, 2.75) is 72.9 Å². The number of aryl methyl sites for hydroxylation is 1. The number of rotatable bonds is 10. The molecule has 3 rings (SSSR count). The van der Waals surface area contributed by atoms with Gasteiger partial charge in [0.2, 0.25) is 0 Å². The molecule has 2 heterocycles. The van der Waals surface area contributed by atoms with Crippen LogP contribution >= 0.6 is 0 Å². The SMILES string of the molecule is CCC.CCN/C=C(\N)CCC(c1ccc(C)c(CN2CCOc3cccnc3C2)c1)C(C)C(=O)O. The second kappa shape index (κ2) is 15.1. The number of hydrogen-bond donors (Lipinski definition) is 3. The topological polar surface area (TPSA) is 101 Å². The Kier molecular flexibility index (Phi) is 12.3. The number of hydrogen-bond acceptors (Lipinski definition) is 6. The number of fused-ring (bicyclic) bond motifs is 1. The maximum atomic E-state index is 11.9. The summed E-state index contributed by atoms with van der Waals surface area (Å²) in [6.45, 7) is 13.9. The van der Waals surface area contributed by atoms with Crippen molar-refractivity contribution < 1.29 is 14.6 Å². The van der Waals surface area contributed by atoms with Gasteiger partial charge in [-0.25, -0.2) is 0 Å². The lowest BCUT2D eigenvalue weighted by Gasteiger charge is -2.25. The summed E-state index contributed by atoms with van der Waals surface area (Å²) in [6, 6.07) is 10.2. The quantitative estimate of drug-likeness (QED) is 0.416. The summed E-state index contributed by atoms with van der Waals surface area (Å²) in [5.41, 5.74) is 11.2. The third kappa shape index (κ3) is 8.86. The number of aromatic nitrogens is 1. The van der Waals surface area contributed by atoms with Gasteiger partial charge in [0.05, 0.1) is 11.6 Å². The van der Waals surface area contributed by atoms with E-state index in [1.54, 1.807) is 13.1 Å². The van der Waals surface area contributed by atoms with Crippen molar-refractivity contribution in [2.24, 2.45) is 11.7 Å². The van der Waals surface area contributed by atoms with Gasteiger partial charge in [-0.15, -0.1) is 0 Å². The fourth-order valence-electron chi connectivity index (χ4n) is 4.22. The number of nitrogens with one attached hydrogen (secondary N) is 1. The van der Waals surface area contributed by atoms with Crippen molar-refractivity contribution in [2.75, 3.05) is 19.7 Å². The lowest BCUT2D eigenvalue weighted by molar-refractivity contribution is -0.142. The molecule has 2 unspecified atom stereocenters. The summed E-state index contributed by atoms with van der Waals surface area (Å²) >= 11 is 0. The first-order valence-corrected chi connectivity index (χ1v) is 13.1. The Morgan fingerprint density at radius 1 is 1.31 bits per heavy atom. The van der Waals surface area contributed by atoms with Gasteiger partial charge in [-0.3, -0.25) is 14.7 Å². The Balaban J connectivity index is 0.00000145. The van der Waals surface area contributed by atoms with E-state index >= 15 is 0 Å². The summed E-state index contributed by atoms with van der Waals surface area (Å²) in [5.74, 6) is -0.562. The van der Waals surface area contributed by atoms with Gasteiger partial charge in [-0.1, -0.05) is 45.4 Å². The molecule has 36 heavy (non-hydrogen) atoms. The van der Waals surface area contributed by atoms with Crippen LogP contribution in [0.25, 0.3) is 0 Å². The van der Waals surface area contributed by atoms with Crippen molar-refractivity contribution in [3.05, 3.63) is 70.8 Å². The highest BCUT2D eigenvalue weighted by Gasteiger charge is 2.26. The normalized spacial score (nSPS) is 15.4. The van der Waals surface area contributed by atoms with E-state index in [0.717, 1.165) is 48.9 Å². The molecule has 1 aromatic carbocycles. The molecule has 7 nitrogen and oxygen atoms in total. The summed E-state index contributed by atoms with van der Waals surface area (Å²) < 4.78 is 5.86. The third-order valence-corrected chi connectivity index (χ3v) is 6.31. The maximum Gasteiger partial charge on any atom is 0.306 e. The lowest BCUT2D eigenvalue weighted by atomic mass is 9.82. The highest BCUT2D eigenvalue weighted by molar-refractivity contribution is 5.71. The minimum absolute atomic E-state index is 0.120. The largest absolute Gasteiger partial charge is 0.490 e. The molecule has 4 N–H and O–H groups in total. The highest BCUT2D eigenvalue weighted by Crippen LogP contribution is 2.32. The fraction of sp³-hybridized carbons (Fsp3) is 0.517. The molecule has 198 valence electrons. The van der Waals surface area contributed by atoms with E-state index in [9.17, 15) is 9.90 Å². The molecule has 2 aromatic rings. The zero-order valence-electron chi connectivity index (χ0n) is 22.6. The first-order chi connectivity index (χ1) is 17.3. The Labute approximate surface area is 216 Å². The summed E-state index contributed by atoms with van der Waals surface area (Å²) in [7, 11) is 0. The first kappa shape index (κ1) is 29.2. The molecular formula is C29H44N4O3. The number of carboxylic acid groups (broad SMARTS) is 1. The molecule has 1 aromatic heterocycles. The van der Waals surface area contributed by atoms with E-state index in [0.29, 0.717) is 19.4 Å². The Morgan fingerprint density at radius 2 is 2.06 bits per heavy atom. The molecule has 1 aliphatic heterocycles. The molecule has 0 saturated carbocycles.